The molecule has 0 spiro atoms. The lowest BCUT2D eigenvalue weighted by atomic mass is 9.85. The molecule has 2 rings (SSSR count). The van der Waals surface area contributed by atoms with Crippen molar-refractivity contribution in [1.82, 2.24) is 0 Å². The van der Waals surface area contributed by atoms with Crippen molar-refractivity contribution in [2.75, 3.05) is 17.3 Å². The predicted molar refractivity (Wildman–Crippen MR) is 76.3 cm³/mol. The van der Waals surface area contributed by atoms with Gasteiger partial charge in [0, 0.05) is 7.05 Å². The quantitative estimate of drug-likeness (QED) is 0.762. The van der Waals surface area contributed by atoms with Crippen LogP contribution in [0.1, 0.15) is 40.2 Å². The normalized spacial score (nSPS) is 18.3. The minimum Gasteiger partial charge on any atom is -0.370 e. The second-order valence-electron chi connectivity index (χ2n) is 6.60. The van der Waals surface area contributed by atoms with E-state index < -0.39 is 5.54 Å². The molecule has 18 heavy (non-hydrogen) atoms. The first-order valence-electron chi connectivity index (χ1n) is 6.34. The lowest BCUT2D eigenvalue weighted by molar-refractivity contribution is -0.121. The molecule has 0 bridgehead atoms. The Morgan fingerprint density at radius 2 is 1.83 bits per heavy atom. The molecule has 0 atom stereocenters. The molecule has 1 amide bonds. The van der Waals surface area contributed by atoms with Crippen LogP contribution < -0.4 is 10.2 Å². The molecule has 0 saturated carbocycles. The van der Waals surface area contributed by atoms with Crippen molar-refractivity contribution < 1.29 is 4.79 Å². The van der Waals surface area contributed by atoms with Crippen LogP contribution in [-0.4, -0.2) is 18.5 Å². The van der Waals surface area contributed by atoms with Gasteiger partial charge in [-0.15, -0.1) is 0 Å². The molecule has 1 aliphatic heterocycles. The fourth-order valence-electron chi connectivity index (χ4n) is 2.31. The molecule has 0 fully saturated rings. The first-order valence-corrected chi connectivity index (χ1v) is 6.34. The molecular formula is C15H22N2O. The zero-order chi connectivity index (χ0) is 13.7. The molecular weight excluding hydrogens is 224 g/mol. The van der Waals surface area contributed by atoms with E-state index >= 15 is 0 Å². The number of nitrogens with one attached hydrogen (secondary N) is 1. The average Bonchev–Trinajstić information content (AvgIpc) is 2.23. The maximum atomic E-state index is 12.2. The van der Waals surface area contributed by atoms with Gasteiger partial charge in [-0.1, -0.05) is 26.8 Å². The topological polar surface area (TPSA) is 32.3 Å². The second kappa shape index (κ2) is 3.74. The van der Waals surface area contributed by atoms with Crippen molar-refractivity contribution in [3.05, 3.63) is 23.8 Å². The summed E-state index contributed by atoms with van der Waals surface area (Å²) in [5.41, 5.74) is 2.83. The summed E-state index contributed by atoms with van der Waals surface area (Å²) in [7, 11) is 1.83. The van der Waals surface area contributed by atoms with E-state index in [2.05, 4.69) is 38.2 Å². The monoisotopic (exact) mass is 246 g/mol. The Balaban J connectivity index is 2.53. The lowest BCUT2D eigenvalue weighted by Crippen LogP contribution is -2.52. The van der Waals surface area contributed by atoms with E-state index in [1.54, 1.807) is 4.90 Å². The minimum atomic E-state index is -0.543. The molecule has 0 aromatic heterocycles. The number of benzene rings is 1. The summed E-state index contributed by atoms with van der Waals surface area (Å²) in [6.07, 6.45) is 0. The van der Waals surface area contributed by atoms with Crippen LogP contribution in [0, 0.1) is 0 Å². The van der Waals surface area contributed by atoms with Crippen molar-refractivity contribution in [3.8, 4) is 0 Å². The van der Waals surface area contributed by atoms with Crippen LogP contribution in [0.4, 0.5) is 11.4 Å². The Bertz CT molecular complexity index is 498. The van der Waals surface area contributed by atoms with Crippen LogP contribution in [-0.2, 0) is 10.2 Å². The van der Waals surface area contributed by atoms with Gasteiger partial charge in [0.2, 0.25) is 0 Å². The van der Waals surface area contributed by atoms with Gasteiger partial charge in [-0.2, -0.15) is 0 Å². The fraction of sp³-hybridized carbons (Fsp3) is 0.533. The van der Waals surface area contributed by atoms with Gasteiger partial charge in [0.05, 0.1) is 11.4 Å². The van der Waals surface area contributed by atoms with Crippen molar-refractivity contribution >= 4 is 17.3 Å². The summed E-state index contributed by atoms with van der Waals surface area (Å²) in [5.74, 6) is 0.0958. The van der Waals surface area contributed by atoms with E-state index in [0.717, 1.165) is 11.4 Å². The highest BCUT2D eigenvalue weighted by Crippen LogP contribution is 2.37. The number of amides is 1. The van der Waals surface area contributed by atoms with Gasteiger partial charge < -0.3 is 10.2 Å². The minimum absolute atomic E-state index is 0.0958. The van der Waals surface area contributed by atoms with Gasteiger partial charge >= 0.3 is 0 Å². The number of likely N-dealkylation sites (N-methyl/N-ethyl adjacent to an activating group) is 1. The van der Waals surface area contributed by atoms with Gasteiger partial charge in [0.25, 0.3) is 5.91 Å². The highest BCUT2D eigenvalue weighted by molar-refractivity contribution is 6.07. The lowest BCUT2D eigenvalue weighted by Gasteiger charge is -2.38. The number of anilines is 2. The zero-order valence-electron chi connectivity index (χ0n) is 12.1. The molecule has 1 aromatic carbocycles. The van der Waals surface area contributed by atoms with Crippen LogP contribution in [0.2, 0.25) is 0 Å². The molecule has 0 aliphatic carbocycles. The zero-order valence-corrected chi connectivity index (χ0v) is 12.1. The van der Waals surface area contributed by atoms with Crippen molar-refractivity contribution in [3.63, 3.8) is 0 Å². The van der Waals surface area contributed by atoms with E-state index in [9.17, 15) is 4.79 Å². The maximum Gasteiger partial charge on any atom is 0.251 e. The molecule has 3 nitrogen and oxygen atoms in total. The molecule has 1 aliphatic rings. The van der Waals surface area contributed by atoms with E-state index in [4.69, 9.17) is 0 Å². The number of carbonyl (C=O) groups excluding carboxylic acids is 1. The molecule has 0 radical (unpaired) electrons. The number of hydrogen-bond donors (Lipinski definition) is 1. The van der Waals surface area contributed by atoms with Gasteiger partial charge in [0.1, 0.15) is 5.54 Å². The summed E-state index contributed by atoms with van der Waals surface area (Å²) in [4.78, 5) is 13.9. The third-order valence-electron chi connectivity index (χ3n) is 3.51. The molecule has 3 heteroatoms. The van der Waals surface area contributed by atoms with Crippen LogP contribution in [0.15, 0.2) is 18.2 Å². The summed E-state index contributed by atoms with van der Waals surface area (Å²) < 4.78 is 0. The Hall–Kier alpha value is -1.51. The van der Waals surface area contributed by atoms with E-state index in [1.807, 2.05) is 27.0 Å². The van der Waals surface area contributed by atoms with Gasteiger partial charge in [0.15, 0.2) is 0 Å². The Labute approximate surface area is 109 Å². The summed E-state index contributed by atoms with van der Waals surface area (Å²) >= 11 is 0. The number of rotatable bonds is 0. The van der Waals surface area contributed by atoms with Gasteiger partial charge in [-0.25, -0.2) is 0 Å². The SMILES string of the molecule is CN1C(=O)C(C)(C)Nc2cc(C(C)(C)C)ccc21. The van der Waals surface area contributed by atoms with E-state index in [-0.39, 0.29) is 11.3 Å². The van der Waals surface area contributed by atoms with E-state index in [1.165, 1.54) is 5.56 Å². The van der Waals surface area contributed by atoms with Crippen molar-refractivity contribution in [2.24, 2.45) is 0 Å². The number of hydrogen-bond acceptors (Lipinski definition) is 2. The smallest absolute Gasteiger partial charge is 0.251 e. The standard InChI is InChI=1S/C15H22N2O/c1-14(2,3)10-7-8-12-11(9-10)16-15(4,5)13(18)17(12)6/h7-9,16H,1-6H3. The first-order chi connectivity index (χ1) is 8.13. The molecule has 0 saturated heterocycles. The molecule has 98 valence electrons. The molecule has 1 heterocycles. The van der Waals surface area contributed by atoms with Gasteiger partial charge in [-0.3, -0.25) is 4.79 Å². The van der Waals surface area contributed by atoms with Crippen LogP contribution in [0.25, 0.3) is 0 Å². The Kier molecular flexibility index (Phi) is 2.69. The van der Waals surface area contributed by atoms with Crippen molar-refractivity contribution in [1.29, 1.82) is 0 Å². The third kappa shape index (κ3) is 1.98. The first kappa shape index (κ1) is 12.9. The highest BCUT2D eigenvalue weighted by Gasteiger charge is 2.37. The maximum absolute atomic E-state index is 12.2. The van der Waals surface area contributed by atoms with Crippen LogP contribution in [0.3, 0.4) is 0 Å². The predicted octanol–water partition coefficient (Wildman–Crippen LogP) is 3.15. The summed E-state index contributed by atoms with van der Waals surface area (Å²) in [6, 6.07) is 6.28. The number of carbonyl (C=O) groups is 1. The third-order valence-corrected chi connectivity index (χ3v) is 3.51. The Morgan fingerprint density at radius 1 is 1.22 bits per heavy atom. The van der Waals surface area contributed by atoms with Crippen molar-refractivity contribution in [2.45, 2.75) is 45.6 Å². The Morgan fingerprint density at radius 3 is 2.39 bits per heavy atom. The van der Waals surface area contributed by atoms with Crippen LogP contribution in [0.5, 0.6) is 0 Å². The average molecular weight is 246 g/mol. The molecule has 1 N–H and O–H groups in total. The summed E-state index contributed by atoms with van der Waals surface area (Å²) in [5, 5.41) is 3.34. The van der Waals surface area contributed by atoms with Crippen LogP contribution >= 0.6 is 0 Å². The fourth-order valence-corrected chi connectivity index (χ4v) is 2.31. The summed E-state index contributed by atoms with van der Waals surface area (Å²) in [6.45, 7) is 10.4. The molecule has 1 aromatic rings. The highest BCUT2D eigenvalue weighted by atomic mass is 16.2. The number of nitrogens with zero attached hydrogens (tertiary/aromatic N) is 1. The molecule has 0 unspecified atom stereocenters. The van der Waals surface area contributed by atoms with E-state index in [0.29, 0.717) is 0 Å². The number of fused-ring (bicyclic) bond motifs is 1. The van der Waals surface area contributed by atoms with Gasteiger partial charge in [-0.05, 0) is 37.0 Å². The largest absolute Gasteiger partial charge is 0.370 e. The second-order valence-corrected chi connectivity index (χ2v) is 6.60.